The van der Waals surface area contributed by atoms with E-state index in [1.54, 1.807) is 19.2 Å². The molecule has 0 spiro atoms. The maximum absolute atomic E-state index is 11.4. The van der Waals surface area contributed by atoms with Crippen LogP contribution < -0.4 is 15.8 Å². The minimum atomic E-state index is -3.67. The van der Waals surface area contributed by atoms with Gasteiger partial charge in [0.25, 0.3) is 0 Å². The van der Waals surface area contributed by atoms with Gasteiger partial charge < -0.3 is 10.6 Å². The summed E-state index contributed by atoms with van der Waals surface area (Å²) in [5.74, 6) is -0.125. The van der Waals surface area contributed by atoms with E-state index < -0.39 is 10.0 Å². The molecule has 1 atom stereocenters. The quantitative estimate of drug-likeness (QED) is 0.686. The van der Waals surface area contributed by atoms with Crippen LogP contribution in [0.25, 0.3) is 0 Å². The molecule has 6 nitrogen and oxygen atoms in total. The molecule has 0 fully saturated rings. The first-order valence-corrected chi connectivity index (χ1v) is 6.96. The summed E-state index contributed by atoms with van der Waals surface area (Å²) in [6.07, 6.45) is 0. The molecular weight excluding hydrogens is 254 g/mol. The molecule has 0 bridgehead atoms. The molecule has 0 heterocycles. The highest BCUT2D eigenvalue weighted by molar-refractivity contribution is 7.89. The number of sulfonamides is 1. The van der Waals surface area contributed by atoms with Gasteiger partial charge >= 0.3 is 0 Å². The average molecular weight is 271 g/mol. The number of hydrogen-bond acceptors (Lipinski definition) is 4. The van der Waals surface area contributed by atoms with E-state index in [1.807, 2.05) is 6.92 Å². The van der Waals surface area contributed by atoms with Gasteiger partial charge in [-0.2, -0.15) is 0 Å². The molecule has 0 radical (unpaired) electrons. The number of carbonyl (C=O) groups is 1. The number of rotatable bonds is 5. The van der Waals surface area contributed by atoms with Gasteiger partial charge in [-0.3, -0.25) is 4.79 Å². The molecule has 18 heavy (non-hydrogen) atoms. The standard InChI is InChI=1S/C11H17N3O3S/c1-8(14-11(15)7-13-2)9-3-5-10(6-4-9)18(12,16)17/h3-6,8,13H,7H2,1-2H3,(H,14,15)(H2,12,16,17). The van der Waals surface area contributed by atoms with Gasteiger partial charge in [0.1, 0.15) is 0 Å². The highest BCUT2D eigenvalue weighted by atomic mass is 32.2. The Bertz CT molecular complexity index is 511. The smallest absolute Gasteiger partial charge is 0.238 e. The number of likely N-dealkylation sites (N-methyl/N-ethyl adjacent to an activating group) is 1. The van der Waals surface area contributed by atoms with Gasteiger partial charge in [0, 0.05) is 0 Å². The van der Waals surface area contributed by atoms with E-state index in [1.165, 1.54) is 12.1 Å². The Morgan fingerprint density at radius 3 is 2.33 bits per heavy atom. The van der Waals surface area contributed by atoms with E-state index in [2.05, 4.69) is 10.6 Å². The van der Waals surface area contributed by atoms with Crippen molar-refractivity contribution >= 4 is 15.9 Å². The Labute approximate surface area is 107 Å². The summed E-state index contributed by atoms with van der Waals surface area (Å²) >= 11 is 0. The van der Waals surface area contributed by atoms with Crippen molar-refractivity contribution in [2.45, 2.75) is 17.9 Å². The molecule has 100 valence electrons. The molecule has 1 aromatic rings. The third-order valence-corrected chi connectivity index (χ3v) is 3.35. The van der Waals surface area contributed by atoms with Crippen LogP contribution in [0.3, 0.4) is 0 Å². The zero-order valence-electron chi connectivity index (χ0n) is 10.3. The molecule has 0 aliphatic heterocycles. The van der Waals surface area contributed by atoms with E-state index >= 15 is 0 Å². The SMILES string of the molecule is CNCC(=O)NC(C)c1ccc(S(N)(=O)=O)cc1. The van der Waals surface area contributed by atoms with E-state index in [9.17, 15) is 13.2 Å². The van der Waals surface area contributed by atoms with Crippen LogP contribution in [-0.4, -0.2) is 27.9 Å². The number of carbonyl (C=O) groups excluding carboxylic acids is 1. The molecule has 1 aromatic carbocycles. The lowest BCUT2D eigenvalue weighted by Gasteiger charge is -2.14. The number of primary sulfonamides is 1. The predicted molar refractivity (Wildman–Crippen MR) is 68.3 cm³/mol. The van der Waals surface area contributed by atoms with Crippen LogP contribution >= 0.6 is 0 Å². The van der Waals surface area contributed by atoms with Crippen molar-refractivity contribution in [1.29, 1.82) is 0 Å². The van der Waals surface area contributed by atoms with Crippen molar-refractivity contribution in [2.24, 2.45) is 5.14 Å². The molecule has 1 unspecified atom stereocenters. The average Bonchev–Trinajstić information content (AvgIpc) is 2.28. The molecule has 0 aromatic heterocycles. The second-order valence-corrected chi connectivity index (χ2v) is 5.49. The third-order valence-electron chi connectivity index (χ3n) is 2.42. The molecule has 0 saturated heterocycles. The topological polar surface area (TPSA) is 101 Å². The van der Waals surface area contributed by atoms with E-state index in [0.717, 1.165) is 5.56 Å². The lowest BCUT2D eigenvalue weighted by Crippen LogP contribution is -2.33. The van der Waals surface area contributed by atoms with Crippen LogP contribution in [0.15, 0.2) is 29.2 Å². The zero-order chi connectivity index (χ0) is 13.8. The summed E-state index contributed by atoms with van der Waals surface area (Å²) in [6, 6.07) is 5.91. The van der Waals surface area contributed by atoms with Crippen LogP contribution in [0.2, 0.25) is 0 Å². The molecule has 0 aliphatic carbocycles. The summed E-state index contributed by atoms with van der Waals surface area (Å²) in [5, 5.41) is 10.5. The Morgan fingerprint density at radius 1 is 1.33 bits per heavy atom. The summed E-state index contributed by atoms with van der Waals surface area (Å²) in [5.41, 5.74) is 0.812. The minimum Gasteiger partial charge on any atom is -0.348 e. The van der Waals surface area contributed by atoms with Gasteiger partial charge in [0.15, 0.2) is 0 Å². The zero-order valence-corrected chi connectivity index (χ0v) is 11.1. The fraction of sp³-hybridized carbons (Fsp3) is 0.364. The van der Waals surface area contributed by atoms with Crippen LogP contribution in [0.4, 0.5) is 0 Å². The lowest BCUT2D eigenvalue weighted by atomic mass is 10.1. The van der Waals surface area contributed by atoms with Crippen LogP contribution in [0.1, 0.15) is 18.5 Å². The first-order valence-electron chi connectivity index (χ1n) is 5.41. The molecule has 0 saturated carbocycles. The van der Waals surface area contributed by atoms with Crippen molar-refractivity contribution in [2.75, 3.05) is 13.6 Å². The Morgan fingerprint density at radius 2 is 1.89 bits per heavy atom. The Balaban J connectivity index is 2.76. The predicted octanol–water partition coefficient (Wildman–Crippen LogP) is -0.269. The van der Waals surface area contributed by atoms with Crippen molar-refractivity contribution in [1.82, 2.24) is 10.6 Å². The molecule has 0 aliphatic rings. The molecule has 1 rings (SSSR count). The fourth-order valence-corrected chi connectivity index (χ4v) is 2.00. The lowest BCUT2D eigenvalue weighted by molar-refractivity contribution is -0.120. The maximum Gasteiger partial charge on any atom is 0.238 e. The number of nitrogens with two attached hydrogens (primary N) is 1. The second-order valence-electron chi connectivity index (χ2n) is 3.93. The van der Waals surface area contributed by atoms with Gasteiger partial charge in [-0.05, 0) is 31.7 Å². The van der Waals surface area contributed by atoms with Crippen molar-refractivity contribution in [3.63, 3.8) is 0 Å². The Kier molecular flexibility index (Phi) is 4.83. The molecule has 4 N–H and O–H groups in total. The first-order chi connectivity index (χ1) is 8.34. The fourth-order valence-electron chi connectivity index (χ4n) is 1.48. The Hall–Kier alpha value is -1.44. The van der Waals surface area contributed by atoms with Gasteiger partial charge in [-0.1, -0.05) is 12.1 Å². The van der Waals surface area contributed by atoms with Crippen molar-refractivity contribution in [3.8, 4) is 0 Å². The third kappa shape index (κ3) is 4.10. The van der Waals surface area contributed by atoms with Gasteiger partial charge in [-0.25, -0.2) is 13.6 Å². The first kappa shape index (κ1) is 14.6. The summed E-state index contributed by atoms with van der Waals surface area (Å²) in [7, 11) is -1.99. The van der Waals surface area contributed by atoms with E-state index in [-0.39, 0.29) is 23.4 Å². The second kappa shape index (κ2) is 5.94. The summed E-state index contributed by atoms with van der Waals surface area (Å²) in [4.78, 5) is 11.4. The van der Waals surface area contributed by atoms with E-state index in [4.69, 9.17) is 5.14 Å². The number of benzene rings is 1. The van der Waals surface area contributed by atoms with E-state index in [0.29, 0.717) is 0 Å². The molecule has 7 heteroatoms. The van der Waals surface area contributed by atoms with Gasteiger partial charge in [0.2, 0.25) is 15.9 Å². The van der Waals surface area contributed by atoms with Gasteiger partial charge in [-0.15, -0.1) is 0 Å². The number of amides is 1. The number of nitrogens with one attached hydrogen (secondary N) is 2. The highest BCUT2D eigenvalue weighted by Crippen LogP contribution is 2.15. The van der Waals surface area contributed by atoms with Gasteiger partial charge in [0.05, 0.1) is 17.5 Å². The van der Waals surface area contributed by atoms with Crippen molar-refractivity contribution in [3.05, 3.63) is 29.8 Å². The monoisotopic (exact) mass is 271 g/mol. The van der Waals surface area contributed by atoms with Crippen LogP contribution in [-0.2, 0) is 14.8 Å². The normalized spacial score (nSPS) is 13.1. The largest absolute Gasteiger partial charge is 0.348 e. The molecular formula is C11H17N3O3S. The highest BCUT2D eigenvalue weighted by Gasteiger charge is 2.11. The van der Waals surface area contributed by atoms with Crippen LogP contribution in [0, 0.1) is 0 Å². The van der Waals surface area contributed by atoms with Crippen LogP contribution in [0.5, 0.6) is 0 Å². The molecule has 1 amide bonds. The summed E-state index contributed by atoms with van der Waals surface area (Å²) < 4.78 is 22.2. The van der Waals surface area contributed by atoms with Crippen molar-refractivity contribution < 1.29 is 13.2 Å². The minimum absolute atomic E-state index is 0.0556. The maximum atomic E-state index is 11.4. The summed E-state index contributed by atoms with van der Waals surface area (Å²) in [6.45, 7) is 2.05. The number of hydrogen-bond donors (Lipinski definition) is 3.